The van der Waals surface area contributed by atoms with Crippen LogP contribution in [0.3, 0.4) is 0 Å². The topological polar surface area (TPSA) is 26.3 Å². The Hall–Kier alpha value is -0.320. The lowest BCUT2D eigenvalue weighted by Crippen LogP contribution is -2.15. The van der Waals surface area contributed by atoms with Gasteiger partial charge in [-0.25, -0.2) is 8.78 Å². The van der Waals surface area contributed by atoms with Gasteiger partial charge in [-0.3, -0.25) is 4.79 Å². The van der Waals surface area contributed by atoms with Crippen molar-refractivity contribution in [1.29, 1.82) is 0 Å². The Kier molecular flexibility index (Phi) is 11.1. The molecule has 0 amide bonds. The van der Waals surface area contributed by atoms with Crippen molar-refractivity contribution in [1.82, 2.24) is 0 Å². The molecule has 5 heteroatoms. The average molecular weight is 324 g/mol. The summed E-state index contributed by atoms with van der Waals surface area (Å²) >= 11 is 1.74. The molecular formula is C16H30F2O2S. The van der Waals surface area contributed by atoms with Crippen LogP contribution in [-0.2, 0) is 9.53 Å². The first-order valence-corrected chi connectivity index (χ1v) is 8.94. The highest BCUT2D eigenvalue weighted by molar-refractivity contribution is 7.99. The van der Waals surface area contributed by atoms with E-state index < -0.39 is 5.92 Å². The summed E-state index contributed by atoms with van der Waals surface area (Å²) in [7, 11) is 0. The van der Waals surface area contributed by atoms with E-state index in [4.69, 9.17) is 4.74 Å². The van der Waals surface area contributed by atoms with Crippen LogP contribution in [0.2, 0.25) is 0 Å². The molecule has 0 spiro atoms. The van der Waals surface area contributed by atoms with E-state index in [9.17, 15) is 13.6 Å². The summed E-state index contributed by atoms with van der Waals surface area (Å²) in [5.41, 5.74) is 0. The van der Waals surface area contributed by atoms with Crippen LogP contribution in [0.1, 0.15) is 66.2 Å². The SMILES string of the molecule is CCCCC(=O)OCC(C)SCCCC(C)CC(C)(F)F. The van der Waals surface area contributed by atoms with Crippen molar-refractivity contribution in [3.63, 3.8) is 0 Å². The maximum absolute atomic E-state index is 12.8. The zero-order valence-corrected chi connectivity index (χ0v) is 14.6. The van der Waals surface area contributed by atoms with Gasteiger partial charge in [0.2, 0.25) is 5.92 Å². The molecule has 21 heavy (non-hydrogen) atoms. The molecular weight excluding hydrogens is 294 g/mol. The van der Waals surface area contributed by atoms with E-state index in [1.807, 2.05) is 20.8 Å². The number of carbonyl (C=O) groups excluding carboxylic acids is 1. The third kappa shape index (κ3) is 14.4. The molecule has 0 radical (unpaired) electrons. The molecule has 0 aromatic heterocycles. The molecule has 0 bridgehead atoms. The van der Waals surface area contributed by atoms with Gasteiger partial charge in [0.25, 0.3) is 0 Å². The number of alkyl halides is 2. The zero-order valence-electron chi connectivity index (χ0n) is 13.8. The van der Waals surface area contributed by atoms with Gasteiger partial charge in [0.05, 0.1) is 0 Å². The second-order valence-corrected chi connectivity index (χ2v) is 7.54. The normalized spacial score (nSPS) is 14.8. The number of unbranched alkanes of at least 4 members (excludes halogenated alkanes) is 1. The molecule has 0 aliphatic carbocycles. The first-order chi connectivity index (χ1) is 9.74. The average Bonchev–Trinajstić information content (AvgIpc) is 2.37. The van der Waals surface area contributed by atoms with Crippen LogP contribution >= 0.6 is 11.8 Å². The summed E-state index contributed by atoms with van der Waals surface area (Å²) in [6.45, 7) is 7.37. The molecule has 0 N–H and O–H groups in total. The first kappa shape index (κ1) is 20.7. The number of esters is 1. The van der Waals surface area contributed by atoms with Crippen LogP contribution in [-0.4, -0.2) is 29.5 Å². The molecule has 0 saturated heterocycles. The van der Waals surface area contributed by atoms with Crippen LogP contribution in [0.25, 0.3) is 0 Å². The molecule has 0 fully saturated rings. The smallest absolute Gasteiger partial charge is 0.305 e. The molecule has 0 saturated carbocycles. The monoisotopic (exact) mass is 324 g/mol. The van der Waals surface area contributed by atoms with Crippen LogP contribution in [0.15, 0.2) is 0 Å². The standard InChI is InChI=1S/C16H30F2O2S/c1-5-6-9-15(19)20-12-14(3)21-10-7-8-13(2)11-16(4,17)18/h13-14H,5-12H2,1-4H3. The van der Waals surface area contributed by atoms with Crippen molar-refractivity contribution in [3.05, 3.63) is 0 Å². The van der Waals surface area contributed by atoms with Gasteiger partial charge in [0, 0.05) is 18.1 Å². The van der Waals surface area contributed by atoms with Gasteiger partial charge in [-0.1, -0.05) is 20.3 Å². The largest absolute Gasteiger partial charge is 0.465 e. The van der Waals surface area contributed by atoms with Crippen molar-refractivity contribution in [3.8, 4) is 0 Å². The number of thioether (sulfide) groups is 1. The van der Waals surface area contributed by atoms with Crippen LogP contribution in [0.5, 0.6) is 0 Å². The Morgan fingerprint density at radius 3 is 2.52 bits per heavy atom. The van der Waals surface area contributed by atoms with Crippen molar-refractivity contribution in [2.75, 3.05) is 12.4 Å². The lowest BCUT2D eigenvalue weighted by Gasteiger charge is -2.17. The summed E-state index contributed by atoms with van der Waals surface area (Å²) in [5, 5.41) is 0.262. The van der Waals surface area contributed by atoms with E-state index in [0.717, 1.165) is 38.4 Å². The quantitative estimate of drug-likeness (QED) is 0.360. The molecule has 0 rings (SSSR count). The van der Waals surface area contributed by atoms with Gasteiger partial charge < -0.3 is 4.74 Å². The van der Waals surface area contributed by atoms with Gasteiger partial charge in [-0.05, 0) is 44.8 Å². The second-order valence-electron chi connectivity index (χ2n) is 5.99. The van der Waals surface area contributed by atoms with Gasteiger partial charge in [-0.2, -0.15) is 11.8 Å². The van der Waals surface area contributed by atoms with Crippen molar-refractivity contribution >= 4 is 17.7 Å². The molecule has 2 nitrogen and oxygen atoms in total. The molecule has 2 unspecified atom stereocenters. The minimum Gasteiger partial charge on any atom is -0.465 e. The number of ether oxygens (including phenoxy) is 1. The number of rotatable bonds is 12. The van der Waals surface area contributed by atoms with Crippen LogP contribution in [0, 0.1) is 5.92 Å². The van der Waals surface area contributed by atoms with E-state index in [-0.39, 0.29) is 23.6 Å². The maximum atomic E-state index is 12.8. The number of hydrogen-bond donors (Lipinski definition) is 0. The Balaban J connectivity index is 3.57. The van der Waals surface area contributed by atoms with Gasteiger partial charge in [0.1, 0.15) is 6.61 Å². The summed E-state index contributed by atoms with van der Waals surface area (Å²) in [5.74, 6) is -1.71. The summed E-state index contributed by atoms with van der Waals surface area (Å²) in [4.78, 5) is 11.4. The molecule has 2 atom stereocenters. The highest BCUT2D eigenvalue weighted by atomic mass is 32.2. The highest BCUT2D eigenvalue weighted by Crippen LogP contribution is 2.25. The van der Waals surface area contributed by atoms with Crippen molar-refractivity contribution in [2.24, 2.45) is 5.92 Å². The minimum absolute atomic E-state index is 0.0394. The van der Waals surface area contributed by atoms with Crippen molar-refractivity contribution in [2.45, 2.75) is 77.4 Å². The zero-order chi connectivity index (χ0) is 16.3. The van der Waals surface area contributed by atoms with Gasteiger partial charge in [0.15, 0.2) is 0 Å². The van der Waals surface area contributed by atoms with E-state index in [1.54, 1.807) is 11.8 Å². The molecule has 0 aromatic rings. The van der Waals surface area contributed by atoms with E-state index in [0.29, 0.717) is 13.0 Å². The van der Waals surface area contributed by atoms with Gasteiger partial charge >= 0.3 is 5.97 Å². The van der Waals surface area contributed by atoms with E-state index in [2.05, 4.69) is 0 Å². The fourth-order valence-electron chi connectivity index (χ4n) is 2.08. The molecule has 0 aliphatic rings. The predicted molar refractivity (Wildman–Crippen MR) is 86.0 cm³/mol. The summed E-state index contributed by atoms with van der Waals surface area (Å²) < 4.78 is 30.8. The third-order valence-electron chi connectivity index (χ3n) is 3.16. The lowest BCUT2D eigenvalue weighted by molar-refractivity contribution is -0.143. The molecule has 0 heterocycles. The Bertz CT molecular complexity index is 280. The number of carbonyl (C=O) groups is 1. The molecule has 126 valence electrons. The molecule has 0 aliphatic heterocycles. The minimum atomic E-state index is -2.56. The highest BCUT2D eigenvalue weighted by Gasteiger charge is 2.23. The second kappa shape index (κ2) is 11.3. The lowest BCUT2D eigenvalue weighted by atomic mass is 9.99. The van der Waals surface area contributed by atoms with Crippen LogP contribution in [0.4, 0.5) is 8.78 Å². The van der Waals surface area contributed by atoms with E-state index in [1.165, 1.54) is 0 Å². The maximum Gasteiger partial charge on any atom is 0.305 e. The number of hydrogen-bond acceptors (Lipinski definition) is 3. The Morgan fingerprint density at radius 1 is 1.29 bits per heavy atom. The first-order valence-electron chi connectivity index (χ1n) is 7.89. The van der Waals surface area contributed by atoms with E-state index >= 15 is 0 Å². The third-order valence-corrected chi connectivity index (χ3v) is 4.39. The predicted octanol–water partition coefficient (Wildman–Crippen LogP) is 5.30. The Morgan fingerprint density at radius 2 is 1.95 bits per heavy atom. The van der Waals surface area contributed by atoms with Gasteiger partial charge in [-0.15, -0.1) is 0 Å². The van der Waals surface area contributed by atoms with Crippen LogP contribution < -0.4 is 0 Å². The number of halogens is 2. The summed E-state index contributed by atoms with van der Waals surface area (Å²) in [6.07, 6.45) is 4.07. The summed E-state index contributed by atoms with van der Waals surface area (Å²) in [6, 6.07) is 0. The fraction of sp³-hybridized carbons (Fsp3) is 0.938. The van der Waals surface area contributed by atoms with Crippen molar-refractivity contribution < 1.29 is 18.3 Å². The molecule has 0 aromatic carbocycles. The Labute approximate surface area is 132 Å². The fourth-order valence-corrected chi connectivity index (χ4v) is 2.98.